The zero-order valence-corrected chi connectivity index (χ0v) is 11.1. The lowest BCUT2D eigenvalue weighted by atomic mass is 10.1. The number of carbonyl (C=O) groups excluding carboxylic acids is 1. The SMILES string of the molecule is C#CCN(C(=O)c1ccnc(C(=O)O)c1)C1CCCC1. The highest BCUT2D eigenvalue weighted by molar-refractivity contribution is 5.97. The monoisotopic (exact) mass is 272 g/mol. The van der Waals surface area contributed by atoms with Gasteiger partial charge in [0.1, 0.15) is 5.69 Å². The molecule has 0 bridgehead atoms. The standard InChI is InChI=1S/C15H16N2O3/c1-2-9-17(12-5-3-4-6-12)14(18)11-7-8-16-13(10-11)15(19)20/h1,7-8,10,12H,3-6,9H2,(H,19,20). The Balaban J connectivity index is 2.25. The van der Waals surface area contributed by atoms with Crippen LogP contribution in [0.3, 0.4) is 0 Å². The van der Waals surface area contributed by atoms with Crippen LogP contribution in [-0.4, -0.2) is 39.5 Å². The van der Waals surface area contributed by atoms with Crippen molar-refractivity contribution in [1.29, 1.82) is 0 Å². The molecular weight excluding hydrogens is 256 g/mol. The number of aromatic nitrogens is 1. The first-order valence-electron chi connectivity index (χ1n) is 6.57. The fourth-order valence-corrected chi connectivity index (χ4v) is 2.53. The number of rotatable bonds is 4. The Morgan fingerprint density at radius 3 is 2.75 bits per heavy atom. The Bertz CT molecular complexity index is 556. The smallest absolute Gasteiger partial charge is 0.354 e. The summed E-state index contributed by atoms with van der Waals surface area (Å²) >= 11 is 0. The van der Waals surface area contributed by atoms with Crippen LogP contribution >= 0.6 is 0 Å². The lowest BCUT2D eigenvalue weighted by molar-refractivity contribution is 0.0690. The van der Waals surface area contributed by atoms with Crippen molar-refractivity contribution in [3.8, 4) is 12.3 Å². The number of aromatic carboxylic acids is 1. The van der Waals surface area contributed by atoms with Gasteiger partial charge in [0.25, 0.3) is 5.91 Å². The Morgan fingerprint density at radius 2 is 2.15 bits per heavy atom. The predicted molar refractivity (Wildman–Crippen MR) is 73.3 cm³/mol. The minimum Gasteiger partial charge on any atom is -0.477 e. The van der Waals surface area contributed by atoms with Crippen molar-refractivity contribution < 1.29 is 14.7 Å². The second-order valence-electron chi connectivity index (χ2n) is 4.81. The van der Waals surface area contributed by atoms with Crippen molar-refractivity contribution in [1.82, 2.24) is 9.88 Å². The van der Waals surface area contributed by atoms with Crippen LogP contribution in [0.25, 0.3) is 0 Å². The van der Waals surface area contributed by atoms with Crippen LogP contribution in [0, 0.1) is 12.3 Å². The molecule has 0 saturated heterocycles. The van der Waals surface area contributed by atoms with Crippen molar-refractivity contribution in [2.24, 2.45) is 0 Å². The van der Waals surface area contributed by atoms with Crippen molar-refractivity contribution in [3.05, 3.63) is 29.6 Å². The van der Waals surface area contributed by atoms with Gasteiger partial charge in [0.15, 0.2) is 0 Å². The highest BCUT2D eigenvalue weighted by atomic mass is 16.4. The van der Waals surface area contributed by atoms with E-state index in [-0.39, 0.29) is 24.2 Å². The molecule has 5 heteroatoms. The summed E-state index contributed by atoms with van der Waals surface area (Å²) in [5, 5.41) is 8.92. The van der Waals surface area contributed by atoms with E-state index < -0.39 is 5.97 Å². The van der Waals surface area contributed by atoms with Crippen molar-refractivity contribution in [3.63, 3.8) is 0 Å². The molecule has 0 atom stereocenters. The first-order chi connectivity index (χ1) is 9.63. The van der Waals surface area contributed by atoms with E-state index in [4.69, 9.17) is 11.5 Å². The summed E-state index contributed by atoms with van der Waals surface area (Å²) in [6.07, 6.45) is 10.8. The maximum absolute atomic E-state index is 12.5. The number of nitrogens with zero attached hydrogens (tertiary/aromatic N) is 2. The number of amides is 1. The number of terminal acetylenes is 1. The molecule has 1 saturated carbocycles. The lowest BCUT2D eigenvalue weighted by Gasteiger charge is -2.27. The molecule has 0 unspecified atom stereocenters. The molecule has 1 aromatic rings. The number of hydrogen-bond acceptors (Lipinski definition) is 3. The molecule has 2 rings (SSSR count). The number of hydrogen-bond donors (Lipinski definition) is 1. The van der Waals surface area contributed by atoms with Gasteiger partial charge < -0.3 is 10.0 Å². The van der Waals surface area contributed by atoms with E-state index in [9.17, 15) is 9.59 Å². The fourth-order valence-electron chi connectivity index (χ4n) is 2.53. The van der Waals surface area contributed by atoms with Crippen LogP contribution in [0.4, 0.5) is 0 Å². The Labute approximate surface area is 117 Å². The first-order valence-corrected chi connectivity index (χ1v) is 6.57. The van der Waals surface area contributed by atoms with Gasteiger partial charge in [-0.3, -0.25) is 4.79 Å². The highest BCUT2D eigenvalue weighted by Crippen LogP contribution is 2.24. The molecular formula is C15H16N2O3. The van der Waals surface area contributed by atoms with Gasteiger partial charge in [-0.2, -0.15) is 0 Å². The van der Waals surface area contributed by atoms with Crippen LogP contribution in [-0.2, 0) is 0 Å². The van der Waals surface area contributed by atoms with E-state index >= 15 is 0 Å². The zero-order chi connectivity index (χ0) is 14.5. The molecule has 1 fully saturated rings. The highest BCUT2D eigenvalue weighted by Gasteiger charge is 2.27. The minimum atomic E-state index is -1.15. The second-order valence-corrected chi connectivity index (χ2v) is 4.81. The number of carboxylic acids is 1. The molecule has 20 heavy (non-hydrogen) atoms. The maximum Gasteiger partial charge on any atom is 0.354 e. The number of pyridine rings is 1. The summed E-state index contributed by atoms with van der Waals surface area (Å²) in [5.41, 5.74) is 0.183. The Hall–Kier alpha value is -2.35. The molecule has 5 nitrogen and oxygen atoms in total. The topological polar surface area (TPSA) is 70.5 Å². The summed E-state index contributed by atoms with van der Waals surface area (Å²) < 4.78 is 0. The van der Waals surface area contributed by atoms with Crippen molar-refractivity contribution in [2.45, 2.75) is 31.7 Å². The fraction of sp³-hybridized carbons (Fsp3) is 0.400. The van der Waals surface area contributed by atoms with E-state index in [1.54, 1.807) is 4.90 Å². The average molecular weight is 272 g/mol. The summed E-state index contributed by atoms with van der Waals surface area (Å²) in [4.78, 5) is 28.8. The summed E-state index contributed by atoms with van der Waals surface area (Å²) in [6, 6.07) is 2.97. The van der Waals surface area contributed by atoms with Crippen LogP contribution in [0.2, 0.25) is 0 Å². The van der Waals surface area contributed by atoms with Crippen LogP contribution in [0.15, 0.2) is 18.3 Å². The molecule has 1 amide bonds. The molecule has 0 aromatic carbocycles. The van der Waals surface area contributed by atoms with Crippen molar-refractivity contribution in [2.75, 3.05) is 6.54 Å². The maximum atomic E-state index is 12.5. The summed E-state index contributed by atoms with van der Waals surface area (Å²) in [6.45, 7) is 0.244. The van der Waals surface area contributed by atoms with Crippen molar-refractivity contribution >= 4 is 11.9 Å². The van der Waals surface area contributed by atoms with Gasteiger partial charge in [-0.1, -0.05) is 18.8 Å². The molecule has 1 N–H and O–H groups in total. The van der Waals surface area contributed by atoms with Gasteiger partial charge in [0, 0.05) is 17.8 Å². The molecule has 0 spiro atoms. The van der Waals surface area contributed by atoms with Crippen LogP contribution < -0.4 is 0 Å². The van der Waals surface area contributed by atoms with Crippen LogP contribution in [0.1, 0.15) is 46.5 Å². The molecule has 0 radical (unpaired) electrons. The normalized spacial score (nSPS) is 14.8. The first kappa shape index (κ1) is 14.1. The Kier molecular flexibility index (Phi) is 4.36. The van der Waals surface area contributed by atoms with E-state index in [0.29, 0.717) is 5.56 Å². The van der Waals surface area contributed by atoms with E-state index in [1.165, 1.54) is 18.3 Å². The predicted octanol–water partition coefficient (Wildman–Crippen LogP) is 1.80. The average Bonchev–Trinajstić information content (AvgIpc) is 2.98. The zero-order valence-electron chi connectivity index (χ0n) is 11.1. The van der Waals surface area contributed by atoms with Gasteiger partial charge in [-0.25, -0.2) is 9.78 Å². The largest absolute Gasteiger partial charge is 0.477 e. The van der Waals surface area contributed by atoms with Gasteiger partial charge >= 0.3 is 5.97 Å². The van der Waals surface area contributed by atoms with Gasteiger partial charge in [-0.05, 0) is 25.0 Å². The molecule has 0 aliphatic heterocycles. The van der Waals surface area contributed by atoms with Gasteiger partial charge in [0.05, 0.1) is 6.54 Å². The molecule has 1 aliphatic carbocycles. The third-order valence-corrected chi connectivity index (χ3v) is 3.51. The third kappa shape index (κ3) is 2.97. The molecule has 1 aromatic heterocycles. The van der Waals surface area contributed by atoms with E-state index in [0.717, 1.165) is 25.7 Å². The summed E-state index contributed by atoms with van der Waals surface area (Å²) in [5.74, 6) is 1.13. The molecule has 104 valence electrons. The van der Waals surface area contributed by atoms with E-state index in [1.807, 2.05) is 0 Å². The molecule has 1 heterocycles. The quantitative estimate of drug-likeness (QED) is 0.848. The third-order valence-electron chi connectivity index (χ3n) is 3.51. The Morgan fingerprint density at radius 1 is 1.45 bits per heavy atom. The number of carboxylic acid groups (broad SMARTS) is 1. The summed E-state index contributed by atoms with van der Waals surface area (Å²) in [7, 11) is 0. The van der Waals surface area contributed by atoms with E-state index in [2.05, 4.69) is 10.9 Å². The lowest BCUT2D eigenvalue weighted by Crippen LogP contribution is -2.39. The van der Waals surface area contributed by atoms with Gasteiger partial charge in [0.2, 0.25) is 0 Å². The minimum absolute atomic E-state index is 0.136. The molecule has 1 aliphatic rings. The van der Waals surface area contributed by atoms with Crippen LogP contribution in [0.5, 0.6) is 0 Å². The van der Waals surface area contributed by atoms with Gasteiger partial charge in [-0.15, -0.1) is 6.42 Å². The second kappa shape index (κ2) is 6.20. The number of carbonyl (C=O) groups is 2.